The fourth-order valence-electron chi connectivity index (χ4n) is 2.60. The molecule has 2 rings (SSSR count). The molecule has 0 bridgehead atoms. The predicted molar refractivity (Wildman–Crippen MR) is 74.8 cm³/mol. The fourth-order valence-corrected chi connectivity index (χ4v) is 2.60. The second kappa shape index (κ2) is 6.21. The van der Waals surface area contributed by atoms with Crippen LogP contribution >= 0.6 is 0 Å². The van der Waals surface area contributed by atoms with E-state index in [1.54, 1.807) is 12.1 Å². The van der Waals surface area contributed by atoms with Crippen molar-refractivity contribution in [3.05, 3.63) is 29.8 Å². The maximum atomic E-state index is 9.28. The van der Waals surface area contributed by atoms with Gasteiger partial charge < -0.3 is 15.3 Å². The quantitative estimate of drug-likeness (QED) is 0.859. The number of hydrogen-bond donors (Lipinski definition) is 2. The number of phenols is 1. The van der Waals surface area contributed by atoms with Gasteiger partial charge in [0.15, 0.2) is 0 Å². The molecule has 1 aromatic carbocycles. The van der Waals surface area contributed by atoms with Crippen molar-refractivity contribution in [1.82, 2.24) is 10.2 Å². The molecular weight excluding hydrogens is 224 g/mol. The van der Waals surface area contributed by atoms with Crippen LogP contribution in [0, 0.1) is 0 Å². The first kappa shape index (κ1) is 13.4. The highest BCUT2D eigenvalue weighted by Gasteiger charge is 2.19. The highest BCUT2D eigenvalue weighted by atomic mass is 16.3. The zero-order chi connectivity index (χ0) is 13.0. The lowest BCUT2D eigenvalue weighted by molar-refractivity contribution is 0.178. The molecule has 2 unspecified atom stereocenters. The van der Waals surface area contributed by atoms with Gasteiger partial charge in [-0.2, -0.15) is 0 Å². The molecule has 0 spiro atoms. The van der Waals surface area contributed by atoms with Gasteiger partial charge in [0.2, 0.25) is 0 Å². The van der Waals surface area contributed by atoms with Crippen molar-refractivity contribution in [2.75, 3.05) is 20.1 Å². The van der Waals surface area contributed by atoms with Crippen LogP contribution in [0.4, 0.5) is 0 Å². The van der Waals surface area contributed by atoms with Crippen LogP contribution in [-0.4, -0.2) is 36.2 Å². The summed E-state index contributed by atoms with van der Waals surface area (Å²) in [6, 6.07) is 8.47. The lowest BCUT2D eigenvalue weighted by atomic mass is 10.0. The molecule has 1 fully saturated rings. The van der Waals surface area contributed by atoms with Gasteiger partial charge in [-0.3, -0.25) is 0 Å². The summed E-state index contributed by atoms with van der Waals surface area (Å²) in [6.45, 7) is 4.44. The summed E-state index contributed by atoms with van der Waals surface area (Å²) < 4.78 is 0. The Kier molecular flexibility index (Phi) is 4.61. The first-order valence-electron chi connectivity index (χ1n) is 6.89. The SMILES string of the molecule is CC(NCC1CCCCN1C)c1ccc(O)cc1. The highest BCUT2D eigenvalue weighted by Crippen LogP contribution is 2.18. The Morgan fingerprint density at radius 3 is 2.72 bits per heavy atom. The van der Waals surface area contributed by atoms with E-state index >= 15 is 0 Å². The number of nitrogens with zero attached hydrogens (tertiary/aromatic N) is 1. The molecule has 0 saturated carbocycles. The second-order valence-corrected chi connectivity index (χ2v) is 5.35. The molecule has 100 valence electrons. The van der Waals surface area contributed by atoms with E-state index in [-0.39, 0.29) is 0 Å². The minimum atomic E-state index is 0.331. The van der Waals surface area contributed by atoms with Gasteiger partial charge in [0.1, 0.15) is 5.75 Å². The lowest BCUT2D eigenvalue weighted by Crippen LogP contribution is -2.43. The molecule has 3 nitrogen and oxygen atoms in total. The average Bonchev–Trinajstić information content (AvgIpc) is 2.38. The van der Waals surface area contributed by atoms with Crippen molar-refractivity contribution in [3.63, 3.8) is 0 Å². The highest BCUT2D eigenvalue weighted by molar-refractivity contribution is 5.27. The van der Waals surface area contributed by atoms with Crippen LogP contribution < -0.4 is 5.32 Å². The molecule has 0 aliphatic carbocycles. The van der Waals surface area contributed by atoms with E-state index in [0.29, 0.717) is 17.8 Å². The van der Waals surface area contributed by atoms with Crippen LogP contribution in [-0.2, 0) is 0 Å². The van der Waals surface area contributed by atoms with Crippen molar-refractivity contribution >= 4 is 0 Å². The van der Waals surface area contributed by atoms with Gasteiger partial charge in [-0.1, -0.05) is 18.6 Å². The molecule has 18 heavy (non-hydrogen) atoms. The molecule has 1 aliphatic rings. The van der Waals surface area contributed by atoms with Gasteiger partial charge in [-0.15, -0.1) is 0 Å². The topological polar surface area (TPSA) is 35.5 Å². The van der Waals surface area contributed by atoms with Gasteiger partial charge in [0, 0.05) is 18.6 Å². The van der Waals surface area contributed by atoms with Gasteiger partial charge in [0.05, 0.1) is 0 Å². The van der Waals surface area contributed by atoms with Crippen molar-refractivity contribution < 1.29 is 5.11 Å². The van der Waals surface area contributed by atoms with Crippen LogP contribution in [0.5, 0.6) is 5.75 Å². The van der Waals surface area contributed by atoms with Gasteiger partial charge in [-0.05, 0) is 51.1 Å². The van der Waals surface area contributed by atoms with Gasteiger partial charge in [0.25, 0.3) is 0 Å². The number of likely N-dealkylation sites (tertiary alicyclic amines) is 1. The van der Waals surface area contributed by atoms with Crippen molar-refractivity contribution in [2.45, 2.75) is 38.3 Å². The fraction of sp³-hybridized carbons (Fsp3) is 0.600. The summed E-state index contributed by atoms with van der Waals surface area (Å²) in [5.41, 5.74) is 1.23. The molecule has 0 radical (unpaired) electrons. The third-order valence-corrected chi connectivity index (χ3v) is 3.97. The molecule has 1 saturated heterocycles. The van der Waals surface area contributed by atoms with Crippen LogP contribution in [0.25, 0.3) is 0 Å². The number of likely N-dealkylation sites (N-methyl/N-ethyl adjacent to an activating group) is 1. The van der Waals surface area contributed by atoms with E-state index < -0.39 is 0 Å². The van der Waals surface area contributed by atoms with E-state index in [0.717, 1.165) is 6.54 Å². The van der Waals surface area contributed by atoms with Crippen LogP contribution in [0.1, 0.15) is 37.8 Å². The summed E-state index contributed by atoms with van der Waals surface area (Å²) in [4.78, 5) is 2.46. The van der Waals surface area contributed by atoms with Crippen molar-refractivity contribution in [3.8, 4) is 5.75 Å². The lowest BCUT2D eigenvalue weighted by Gasteiger charge is -2.33. The average molecular weight is 248 g/mol. The monoisotopic (exact) mass is 248 g/mol. The summed E-state index contributed by atoms with van der Waals surface area (Å²) in [7, 11) is 2.22. The number of phenolic OH excluding ortho intramolecular Hbond substituents is 1. The molecule has 1 heterocycles. The molecular formula is C15H24N2O. The molecule has 0 amide bonds. The van der Waals surface area contributed by atoms with E-state index in [4.69, 9.17) is 0 Å². The van der Waals surface area contributed by atoms with Crippen molar-refractivity contribution in [2.24, 2.45) is 0 Å². The normalized spacial score (nSPS) is 22.9. The van der Waals surface area contributed by atoms with E-state index in [9.17, 15) is 5.11 Å². The summed E-state index contributed by atoms with van der Waals surface area (Å²) in [5, 5.41) is 12.9. The number of piperidine rings is 1. The number of hydrogen-bond acceptors (Lipinski definition) is 3. The second-order valence-electron chi connectivity index (χ2n) is 5.35. The van der Waals surface area contributed by atoms with Crippen LogP contribution in [0.2, 0.25) is 0 Å². The molecule has 2 atom stereocenters. The third-order valence-electron chi connectivity index (χ3n) is 3.97. The molecule has 2 N–H and O–H groups in total. The van der Waals surface area contributed by atoms with Gasteiger partial charge >= 0.3 is 0 Å². The Labute approximate surface area is 110 Å². The molecule has 3 heteroatoms. The standard InChI is InChI=1S/C15H24N2O/c1-12(13-6-8-15(18)9-7-13)16-11-14-5-3-4-10-17(14)2/h6-9,12,14,16,18H,3-5,10-11H2,1-2H3. The summed E-state index contributed by atoms with van der Waals surface area (Å²) in [6.07, 6.45) is 3.98. The number of rotatable bonds is 4. The van der Waals surface area contributed by atoms with E-state index in [1.807, 2.05) is 12.1 Å². The van der Waals surface area contributed by atoms with Crippen LogP contribution in [0.3, 0.4) is 0 Å². The number of benzene rings is 1. The summed E-state index contributed by atoms with van der Waals surface area (Å²) >= 11 is 0. The minimum Gasteiger partial charge on any atom is -0.508 e. The number of nitrogens with one attached hydrogen (secondary N) is 1. The Hall–Kier alpha value is -1.06. The largest absolute Gasteiger partial charge is 0.508 e. The number of aromatic hydroxyl groups is 1. The van der Waals surface area contributed by atoms with Crippen molar-refractivity contribution in [1.29, 1.82) is 0 Å². The Morgan fingerprint density at radius 2 is 2.06 bits per heavy atom. The Bertz CT molecular complexity index is 363. The minimum absolute atomic E-state index is 0.331. The summed E-state index contributed by atoms with van der Waals surface area (Å²) in [5.74, 6) is 0.331. The third kappa shape index (κ3) is 3.47. The smallest absolute Gasteiger partial charge is 0.115 e. The predicted octanol–water partition coefficient (Wildman–Crippen LogP) is 2.53. The Morgan fingerprint density at radius 1 is 1.33 bits per heavy atom. The molecule has 1 aliphatic heterocycles. The first-order valence-corrected chi connectivity index (χ1v) is 6.89. The maximum absolute atomic E-state index is 9.28. The molecule has 1 aromatic rings. The first-order chi connectivity index (χ1) is 8.66. The Balaban J connectivity index is 1.83. The van der Waals surface area contributed by atoms with E-state index in [2.05, 4.69) is 24.2 Å². The van der Waals surface area contributed by atoms with E-state index in [1.165, 1.54) is 31.4 Å². The zero-order valence-electron chi connectivity index (χ0n) is 11.4. The van der Waals surface area contributed by atoms with Gasteiger partial charge in [-0.25, -0.2) is 0 Å². The zero-order valence-corrected chi connectivity index (χ0v) is 11.4. The molecule has 0 aromatic heterocycles. The van der Waals surface area contributed by atoms with Crippen LogP contribution in [0.15, 0.2) is 24.3 Å². The maximum Gasteiger partial charge on any atom is 0.115 e.